The number of H-pyrrole nitrogens is 1. The number of allylic oxidation sites excluding steroid dienone is 2. The number of aliphatic imine (C=N–C) groups is 1. The highest BCUT2D eigenvalue weighted by molar-refractivity contribution is 5.71. The van der Waals surface area contributed by atoms with E-state index in [1.807, 2.05) is 55.5 Å². The quantitative estimate of drug-likeness (QED) is 0.471. The van der Waals surface area contributed by atoms with Gasteiger partial charge in [0, 0.05) is 23.2 Å². The summed E-state index contributed by atoms with van der Waals surface area (Å²) in [4.78, 5) is 11.3. The van der Waals surface area contributed by atoms with E-state index in [9.17, 15) is 4.39 Å². The van der Waals surface area contributed by atoms with Crippen molar-refractivity contribution in [1.29, 1.82) is 0 Å². The van der Waals surface area contributed by atoms with Gasteiger partial charge in [-0.05, 0) is 48.8 Å². The van der Waals surface area contributed by atoms with Crippen molar-refractivity contribution < 1.29 is 9.13 Å². The molecule has 142 valence electrons. The number of aromatic amines is 1. The van der Waals surface area contributed by atoms with E-state index < -0.39 is 6.17 Å². The maximum atomic E-state index is 13.3. The number of benzene rings is 1. The van der Waals surface area contributed by atoms with Crippen molar-refractivity contribution in [3.05, 3.63) is 82.3 Å². The molecular weight excluding hydrogens is 353 g/mol. The molecule has 1 aliphatic heterocycles. The molecule has 1 aromatic heterocycles. The smallest absolute Gasteiger partial charge is 0.139 e. The molecule has 0 amide bonds. The lowest BCUT2D eigenvalue weighted by atomic mass is 10.1. The highest BCUT2D eigenvalue weighted by Gasteiger charge is 2.07. The Kier molecular flexibility index (Phi) is 7.11. The van der Waals surface area contributed by atoms with Gasteiger partial charge in [-0.25, -0.2) is 4.39 Å². The van der Waals surface area contributed by atoms with Gasteiger partial charge in [0.1, 0.15) is 11.7 Å². The second-order valence-electron chi connectivity index (χ2n) is 6.18. The minimum Gasteiger partial charge on any atom is -0.373 e. The van der Waals surface area contributed by atoms with Gasteiger partial charge in [-0.2, -0.15) is 0 Å². The second kappa shape index (κ2) is 10.2. The number of aromatic nitrogens is 1. The molecular formula is C23H22FN3O. The van der Waals surface area contributed by atoms with Crippen LogP contribution in [0.4, 0.5) is 4.39 Å². The van der Waals surface area contributed by atoms with E-state index in [4.69, 9.17) is 4.74 Å². The maximum absolute atomic E-state index is 13.3. The highest BCUT2D eigenvalue weighted by atomic mass is 19.1. The summed E-state index contributed by atoms with van der Waals surface area (Å²) in [7, 11) is 0. The number of halogens is 1. The molecule has 0 radical (unpaired) electrons. The summed E-state index contributed by atoms with van der Waals surface area (Å²) in [6, 6.07) is 9.75. The summed E-state index contributed by atoms with van der Waals surface area (Å²) in [6.45, 7) is 3.16. The summed E-state index contributed by atoms with van der Waals surface area (Å²) in [6.07, 6.45) is 9.65. The average Bonchev–Trinajstić information content (AvgIpc) is 3.11. The van der Waals surface area contributed by atoms with Gasteiger partial charge in [0.05, 0.1) is 25.5 Å². The number of hydrogen-bond acceptors (Lipinski definition) is 3. The van der Waals surface area contributed by atoms with Crippen LogP contribution in [0.3, 0.4) is 0 Å². The Morgan fingerprint density at radius 1 is 1.32 bits per heavy atom. The van der Waals surface area contributed by atoms with Crippen molar-refractivity contribution >= 4 is 12.3 Å². The zero-order chi connectivity index (χ0) is 19.6. The Balaban J connectivity index is 1.52. The first-order valence-corrected chi connectivity index (χ1v) is 9.12. The highest BCUT2D eigenvalue weighted by Crippen LogP contribution is 2.05. The molecule has 3 rings (SSSR count). The molecule has 28 heavy (non-hydrogen) atoms. The van der Waals surface area contributed by atoms with Crippen molar-refractivity contribution in [3.63, 3.8) is 0 Å². The minimum atomic E-state index is -1.01. The Morgan fingerprint density at radius 3 is 3.00 bits per heavy atom. The zero-order valence-corrected chi connectivity index (χ0v) is 15.7. The van der Waals surface area contributed by atoms with Crippen LogP contribution in [0.2, 0.25) is 0 Å². The van der Waals surface area contributed by atoms with Crippen molar-refractivity contribution in [2.45, 2.75) is 19.7 Å². The van der Waals surface area contributed by atoms with Gasteiger partial charge in [-0.3, -0.25) is 9.98 Å². The van der Waals surface area contributed by atoms with Crippen molar-refractivity contribution in [2.75, 3.05) is 13.2 Å². The van der Waals surface area contributed by atoms with Gasteiger partial charge in [-0.15, -0.1) is 0 Å². The standard InChI is InChI=1S/C23H22FN3O/c1-2-11-25-12-3-4-13-28-17-19-7-5-18(6-8-19)9-10-22-15-20-14-21(24)16-26-23(20)27-22/h2-8,11-12,14-15,21H,13,16-17H2,1H3,(H,26,27)/b4-3+,11-2-,25-12-. The largest absolute Gasteiger partial charge is 0.373 e. The summed E-state index contributed by atoms with van der Waals surface area (Å²) < 4.78 is 18.9. The third-order valence-corrected chi connectivity index (χ3v) is 3.93. The van der Waals surface area contributed by atoms with Crippen LogP contribution in [0.1, 0.15) is 23.7 Å². The molecule has 1 N–H and O–H groups in total. The lowest BCUT2D eigenvalue weighted by Crippen LogP contribution is -2.30. The van der Waals surface area contributed by atoms with Crippen molar-refractivity contribution in [2.24, 2.45) is 9.98 Å². The predicted octanol–water partition coefficient (Wildman–Crippen LogP) is 2.84. The van der Waals surface area contributed by atoms with Crippen LogP contribution in [0.5, 0.6) is 0 Å². The number of nitrogens with zero attached hydrogens (tertiary/aromatic N) is 2. The molecule has 1 aromatic carbocycles. The van der Waals surface area contributed by atoms with E-state index in [2.05, 4.69) is 26.8 Å². The zero-order valence-electron chi connectivity index (χ0n) is 15.7. The van der Waals surface area contributed by atoms with E-state index in [0.29, 0.717) is 18.7 Å². The van der Waals surface area contributed by atoms with Crippen LogP contribution in [-0.2, 0) is 11.3 Å². The predicted molar refractivity (Wildman–Crippen MR) is 110 cm³/mol. The number of rotatable bonds is 6. The second-order valence-corrected chi connectivity index (χ2v) is 6.18. The average molecular weight is 375 g/mol. The fourth-order valence-electron chi connectivity index (χ4n) is 2.58. The first kappa shape index (κ1) is 19.5. The molecule has 0 saturated heterocycles. The Labute approximate surface area is 163 Å². The Morgan fingerprint density at radius 2 is 2.18 bits per heavy atom. The molecule has 0 fully saturated rings. The van der Waals surface area contributed by atoms with Crippen molar-refractivity contribution in [3.8, 4) is 11.8 Å². The Bertz CT molecular complexity index is 1050. The molecule has 0 spiro atoms. The van der Waals surface area contributed by atoms with Crippen molar-refractivity contribution in [1.82, 2.24) is 4.98 Å². The van der Waals surface area contributed by atoms with Gasteiger partial charge in [0.2, 0.25) is 0 Å². The number of fused-ring (bicyclic) bond motifs is 1. The Hall–Kier alpha value is -3.23. The summed E-state index contributed by atoms with van der Waals surface area (Å²) in [5.74, 6) is 6.17. The number of alkyl halides is 1. The van der Waals surface area contributed by atoms with Crippen LogP contribution in [0, 0.1) is 11.8 Å². The molecule has 1 aliphatic rings. The SMILES string of the molecule is C\C=C/N=C\C=C\COCc1ccc(C#Cc2cc3c([nH]2)=NCC(F)C=3)cc1. The van der Waals surface area contributed by atoms with E-state index >= 15 is 0 Å². The molecule has 5 heteroatoms. The third-order valence-electron chi connectivity index (χ3n) is 3.93. The van der Waals surface area contributed by atoms with Crippen LogP contribution in [0.15, 0.2) is 64.7 Å². The first-order chi connectivity index (χ1) is 13.7. The van der Waals surface area contributed by atoms with Gasteiger partial charge in [-0.1, -0.05) is 30.2 Å². The third kappa shape index (κ3) is 5.90. The molecule has 2 heterocycles. The lowest BCUT2D eigenvalue weighted by molar-refractivity contribution is 0.149. The summed E-state index contributed by atoms with van der Waals surface area (Å²) in [5, 5.41) is 0.776. The summed E-state index contributed by atoms with van der Waals surface area (Å²) in [5.41, 5.74) is 3.42. The topological polar surface area (TPSA) is 49.7 Å². The first-order valence-electron chi connectivity index (χ1n) is 9.12. The van der Waals surface area contributed by atoms with Crippen LogP contribution >= 0.6 is 0 Å². The van der Waals surface area contributed by atoms with Gasteiger partial charge < -0.3 is 9.72 Å². The lowest BCUT2D eigenvalue weighted by Gasteiger charge is -2.01. The van der Waals surface area contributed by atoms with E-state index in [0.717, 1.165) is 22.0 Å². The molecule has 2 aromatic rings. The van der Waals surface area contributed by atoms with Crippen LogP contribution in [0.25, 0.3) is 6.08 Å². The normalized spacial score (nSPS) is 16.0. The van der Waals surface area contributed by atoms with Gasteiger partial charge >= 0.3 is 0 Å². The summed E-state index contributed by atoms with van der Waals surface area (Å²) >= 11 is 0. The van der Waals surface area contributed by atoms with Gasteiger partial charge in [0.25, 0.3) is 0 Å². The fourth-order valence-corrected chi connectivity index (χ4v) is 2.58. The van der Waals surface area contributed by atoms with E-state index in [1.54, 1.807) is 18.5 Å². The molecule has 4 nitrogen and oxygen atoms in total. The molecule has 1 unspecified atom stereocenters. The molecule has 0 aliphatic carbocycles. The van der Waals surface area contributed by atoms with Crippen LogP contribution in [-0.4, -0.2) is 30.5 Å². The minimum absolute atomic E-state index is 0.170. The maximum Gasteiger partial charge on any atom is 0.139 e. The number of nitrogens with one attached hydrogen (secondary N) is 1. The molecule has 0 saturated carbocycles. The van der Waals surface area contributed by atoms with E-state index in [-0.39, 0.29) is 6.54 Å². The molecule has 1 atom stereocenters. The number of hydrogen-bond donors (Lipinski definition) is 1. The van der Waals surface area contributed by atoms with E-state index in [1.165, 1.54) is 0 Å². The van der Waals surface area contributed by atoms with Crippen LogP contribution < -0.4 is 10.7 Å². The fraction of sp³-hybridized carbons (Fsp3) is 0.217. The van der Waals surface area contributed by atoms with Gasteiger partial charge in [0.15, 0.2) is 0 Å². The molecule has 0 bridgehead atoms. The monoisotopic (exact) mass is 375 g/mol. The number of ether oxygens (including phenoxy) is 1.